The predicted octanol–water partition coefficient (Wildman–Crippen LogP) is 1.62. The number of rotatable bonds is 1. The summed E-state index contributed by atoms with van der Waals surface area (Å²) in [5.41, 5.74) is 1.98. The number of ether oxygens (including phenoxy) is 1. The highest BCUT2D eigenvalue weighted by Crippen LogP contribution is 2.16. The van der Waals surface area contributed by atoms with E-state index >= 15 is 0 Å². The van der Waals surface area contributed by atoms with Gasteiger partial charge >= 0.3 is 5.97 Å². The molecule has 1 heterocycles. The molecule has 0 unspecified atom stereocenters. The molecule has 0 bridgehead atoms. The highest BCUT2D eigenvalue weighted by atomic mass is 16.5. The minimum atomic E-state index is -0.337. The Morgan fingerprint density at radius 2 is 2.17 bits per heavy atom. The lowest BCUT2D eigenvalue weighted by Crippen LogP contribution is -2.05. The molecule has 64 valence electrons. The van der Waals surface area contributed by atoms with E-state index in [1.54, 1.807) is 6.20 Å². The summed E-state index contributed by atoms with van der Waals surface area (Å²) in [5, 5.41) is 0. The van der Waals surface area contributed by atoms with Crippen molar-refractivity contribution in [3.05, 3.63) is 23.4 Å². The van der Waals surface area contributed by atoms with Crippen molar-refractivity contribution in [2.24, 2.45) is 0 Å². The van der Waals surface area contributed by atoms with Crippen molar-refractivity contribution in [1.29, 1.82) is 0 Å². The molecule has 0 atom stereocenters. The molecule has 0 aliphatic carbocycles. The van der Waals surface area contributed by atoms with E-state index in [9.17, 15) is 4.79 Å². The van der Waals surface area contributed by atoms with Gasteiger partial charge in [-0.15, -0.1) is 0 Å². The number of hydrogen-bond acceptors (Lipinski definition) is 3. The maximum Gasteiger partial charge on any atom is 0.309 e. The first kappa shape index (κ1) is 8.71. The van der Waals surface area contributed by atoms with Gasteiger partial charge in [-0.25, -0.2) is 4.98 Å². The minimum Gasteiger partial charge on any atom is -0.407 e. The van der Waals surface area contributed by atoms with Crippen LogP contribution in [0.4, 0.5) is 0 Å². The van der Waals surface area contributed by atoms with E-state index in [4.69, 9.17) is 4.74 Å². The van der Waals surface area contributed by atoms with Gasteiger partial charge in [0.15, 0.2) is 0 Å². The van der Waals surface area contributed by atoms with E-state index in [-0.39, 0.29) is 5.97 Å². The first-order valence-corrected chi connectivity index (χ1v) is 3.72. The molecule has 3 heteroatoms. The van der Waals surface area contributed by atoms with Crippen molar-refractivity contribution < 1.29 is 9.53 Å². The molecular weight excluding hydrogens is 154 g/mol. The van der Waals surface area contributed by atoms with Crippen LogP contribution >= 0.6 is 0 Å². The maximum atomic E-state index is 10.6. The fourth-order valence-electron chi connectivity index (χ4n) is 0.846. The number of hydrogen-bond donors (Lipinski definition) is 0. The first-order chi connectivity index (χ1) is 5.61. The summed E-state index contributed by atoms with van der Waals surface area (Å²) in [6.07, 6.45) is 1.63. The van der Waals surface area contributed by atoms with Crippen molar-refractivity contribution in [2.45, 2.75) is 20.8 Å². The van der Waals surface area contributed by atoms with Gasteiger partial charge < -0.3 is 4.74 Å². The van der Waals surface area contributed by atoms with Crippen LogP contribution < -0.4 is 4.74 Å². The fourth-order valence-corrected chi connectivity index (χ4v) is 0.846. The van der Waals surface area contributed by atoms with Crippen LogP contribution in [0.1, 0.15) is 18.1 Å². The molecular formula is C9H11NO2. The smallest absolute Gasteiger partial charge is 0.309 e. The molecule has 0 N–H and O–H groups in total. The van der Waals surface area contributed by atoms with E-state index < -0.39 is 0 Å². The number of aryl methyl sites for hydroxylation is 1. The van der Waals surface area contributed by atoms with Crippen LogP contribution in [-0.2, 0) is 4.79 Å². The average Bonchev–Trinajstić information content (AvgIpc) is 1.98. The van der Waals surface area contributed by atoms with Crippen LogP contribution in [-0.4, -0.2) is 11.0 Å². The second-order valence-corrected chi connectivity index (χ2v) is 2.65. The largest absolute Gasteiger partial charge is 0.407 e. The summed E-state index contributed by atoms with van der Waals surface area (Å²) in [5.74, 6) is 0.0682. The third kappa shape index (κ3) is 1.81. The van der Waals surface area contributed by atoms with Crippen molar-refractivity contribution in [3.8, 4) is 5.88 Å². The number of pyridine rings is 1. The number of carbonyl (C=O) groups excluding carboxylic acids is 1. The van der Waals surface area contributed by atoms with Gasteiger partial charge in [0.05, 0.1) is 0 Å². The molecule has 0 saturated carbocycles. The van der Waals surface area contributed by atoms with E-state index in [0.717, 1.165) is 11.1 Å². The molecule has 0 spiro atoms. The molecule has 0 fully saturated rings. The minimum absolute atomic E-state index is 0.337. The third-order valence-corrected chi connectivity index (χ3v) is 1.67. The molecule has 3 nitrogen and oxygen atoms in total. The Morgan fingerprint density at radius 3 is 2.75 bits per heavy atom. The van der Waals surface area contributed by atoms with Gasteiger partial charge in [0.2, 0.25) is 5.88 Å². The Balaban J connectivity index is 3.00. The number of esters is 1. The molecule has 0 saturated heterocycles. The SMILES string of the molecule is CC(=O)Oc1nccc(C)c1C. The summed E-state index contributed by atoms with van der Waals surface area (Å²) in [6.45, 7) is 5.19. The summed E-state index contributed by atoms with van der Waals surface area (Å²) < 4.78 is 4.88. The van der Waals surface area contributed by atoms with Crippen LogP contribution in [0.25, 0.3) is 0 Å². The maximum absolute atomic E-state index is 10.6. The van der Waals surface area contributed by atoms with Crippen molar-refractivity contribution in [3.63, 3.8) is 0 Å². The van der Waals surface area contributed by atoms with Crippen LogP contribution in [0.2, 0.25) is 0 Å². The molecule has 1 aromatic rings. The molecule has 12 heavy (non-hydrogen) atoms. The van der Waals surface area contributed by atoms with Gasteiger partial charge in [-0.1, -0.05) is 0 Å². The molecule has 0 aromatic carbocycles. The quantitative estimate of drug-likeness (QED) is 0.593. The number of carbonyl (C=O) groups is 1. The molecule has 0 aliphatic heterocycles. The van der Waals surface area contributed by atoms with E-state index in [1.165, 1.54) is 6.92 Å². The van der Waals surface area contributed by atoms with Gasteiger partial charge in [0.25, 0.3) is 0 Å². The number of aromatic nitrogens is 1. The lowest BCUT2D eigenvalue weighted by Gasteiger charge is -2.05. The molecule has 0 amide bonds. The molecule has 1 aromatic heterocycles. The summed E-state index contributed by atoms with van der Waals surface area (Å²) >= 11 is 0. The average molecular weight is 165 g/mol. The summed E-state index contributed by atoms with van der Waals surface area (Å²) in [6, 6.07) is 1.88. The van der Waals surface area contributed by atoms with Crippen LogP contribution in [0.15, 0.2) is 12.3 Å². The Bertz CT molecular complexity index is 307. The Morgan fingerprint density at radius 1 is 1.50 bits per heavy atom. The van der Waals surface area contributed by atoms with Gasteiger partial charge in [-0.2, -0.15) is 0 Å². The van der Waals surface area contributed by atoms with Gasteiger partial charge in [-0.05, 0) is 25.5 Å². The lowest BCUT2D eigenvalue weighted by atomic mass is 10.2. The lowest BCUT2D eigenvalue weighted by molar-refractivity contribution is -0.132. The Hall–Kier alpha value is -1.38. The van der Waals surface area contributed by atoms with Gasteiger partial charge in [0.1, 0.15) is 0 Å². The van der Waals surface area contributed by atoms with E-state index in [2.05, 4.69) is 4.98 Å². The Kier molecular flexibility index (Phi) is 2.43. The van der Waals surface area contributed by atoms with Crippen LogP contribution in [0.3, 0.4) is 0 Å². The van der Waals surface area contributed by atoms with Crippen LogP contribution in [0.5, 0.6) is 5.88 Å². The summed E-state index contributed by atoms with van der Waals surface area (Å²) in [4.78, 5) is 14.6. The van der Waals surface area contributed by atoms with Crippen molar-refractivity contribution in [2.75, 3.05) is 0 Å². The van der Waals surface area contributed by atoms with Crippen molar-refractivity contribution >= 4 is 5.97 Å². The van der Waals surface area contributed by atoms with Gasteiger partial charge in [-0.3, -0.25) is 4.79 Å². The van der Waals surface area contributed by atoms with E-state index in [1.807, 2.05) is 19.9 Å². The molecule has 0 aliphatic rings. The first-order valence-electron chi connectivity index (χ1n) is 3.72. The third-order valence-electron chi connectivity index (χ3n) is 1.67. The summed E-state index contributed by atoms with van der Waals surface area (Å²) in [7, 11) is 0. The zero-order valence-corrected chi connectivity index (χ0v) is 7.42. The highest BCUT2D eigenvalue weighted by molar-refractivity contribution is 5.69. The predicted molar refractivity (Wildman–Crippen MR) is 45.0 cm³/mol. The topological polar surface area (TPSA) is 39.2 Å². The Labute approximate surface area is 71.4 Å². The second kappa shape index (κ2) is 3.34. The van der Waals surface area contributed by atoms with Gasteiger partial charge in [0, 0.05) is 18.7 Å². The zero-order chi connectivity index (χ0) is 9.14. The standard InChI is InChI=1S/C9H11NO2/c1-6-4-5-10-9(7(6)2)12-8(3)11/h4-5H,1-3H3. The van der Waals surface area contributed by atoms with E-state index in [0.29, 0.717) is 5.88 Å². The normalized spacial score (nSPS) is 9.58. The number of nitrogens with zero attached hydrogens (tertiary/aromatic N) is 1. The fraction of sp³-hybridized carbons (Fsp3) is 0.333. The van der Waals surface area contributed by atoms with Crippen molar-refractivity contribution in [1.82, 2.24) is 4.98 Å². The second-order valence-electron chi connectivity index (χ2n) is 2.65. The molecule has 1 rings (SSSR count). The molecule has 0 radical (unpaired) electrons. The van der Waals surface area contributed by atoms with Crippen LogP contribution in [0, 0.1) is 13.8 Å². The monoisotopic (exact) mass is 165 g/mol. The zero-order valence-electron chi connectivity index (χ0n) is 7.42. The highest BCUT2D eigenvalue weighted by Gasteiger charge is 2.04.